The van der Waals surface area contributed by atoms with Crippen molar-refractivity contribution < 1.29 is 66.0 Å². The molecule has 0 radical (unpaired) electrons. The van der Waals surface area contributed by atoms with Crippen LogP contribution in [0.1, 0.15) is 122 Å². The second-order valence-corrected chi connectivity index (χ2v) is 26.2. The van der Waals surface area contributed by atoms with E-state index >= 15 is 4.57 Å². The SMILES string of the molecule is COc1ccc(C(OC[C@H]2O[C@@H](n3ccc(=O)[nH]c3=O)[C@H](NC(=O)C(=O)NCCCCCCCCCCCCN)[C@@H]2OP(=O)(O)OC[C@H]2O[C@@H](n3cc(C)c(=O)[nH]c3=O)C[C@@H]2OC(c2ccccc2)(c2ccc(OC)cc2)c2ccc(OC)cc2)(c2ccccc2)c2ccc(OC)cc2)cc1. The highest BCUT2D eigenvalue weighted by molar-refractivity contribution is 7.47. The van der Waals surface area contributed by atoms with Crippen LogP contribution in [0, 0.1) is 6.92 Å². The second kappa shape index (κ2) is 34.9. The molecule has 0 saturated carbocycles. The number of aryl methyl sites for hydroxylation is 1. The summed E-state index contributed by atoms with van der Waals surface area (Å²) < 4.78 is 80.7. The minimum absolute atomic E-state index is 0.111. The van der Waals surface area contributed by atoms with Crippen LogP contribution in [0.4, 0.5) is 0 Å². The number of aromatic nitrogens is 4. The predicted octanol–water partition coefficient (Wildman–Crippen LogP) is 8.96. The normalized spacial score (nSPS) is 18.9. The number of ether oxygens (including phenoxy) is 8. The van der Waals surface area contributed by atoms with Gasteiger partial charge in [-0.1, -0.05) is 161 Å². The number of phosphoric ester groups is 1. The van der Waals surface area contributed by atoms with Crippen LogP contribution in [0.5, 0.6) is 23.0 Å². The molecule has 6 aromatic carbocycles. The first-order valence-electron chi connectivity index (χ1n) is 33.8. The summed E-state index contributed by atoms with van der Waals surface area (Å²) in [5.74, 6) is -0.117. The Morgan fingerprint density at radius 3 is 1.53 bits per heavy atom. The monoisotopic (exact) mass is 1410 g/mol. The first-order valence-corrected chi connectivity index (χ1v) is 35.3. The van der Waals surface area contributed by atoms with E-state index < -0.39 is 109 Å². The van der Waals surface area contributed by atoms with Crippen LogP contribution in [0.25, 0.3) is 0 Å². The molecule has 8 aromatic rings. The minimum Gasteiger partial charge on any atom is -0.497 e. The van der Waals surface area contributed by atoms with Gasteiger partial charge in [-0.2, -0.15) is 0 Å². The van der Waals surface area contributed by atoms with Crippen molar-refractivity contribution >= 4 is 19.6 Å². The maximum absolute atomic E-state index is 15.4. The number of aromatic amines is 2. The number of methoxy groups -OCH3 is 4. The summed E-state index contributed by atoms with van der Waals surface area (Å²) in [5.41, 5.74) is 3.14. The van der Waals surface area contributed by atoms with E-state index in [-0.39, 0.29) is 18.5 Å². The van der Waals surface area contributed by atoms with E-state index in [0.717, 1.165) is 74.6 Å². The summed E-state index contributed by atoms with van der Waals surface area (Å²) in [5, 5.41) is 5.35. The average molecular weight is 1410 g/mol. The highest BCUT2D eigenvalue weighted by Crippen LogP contribution is 2.52. The van der Waals surface area contributed by atoms with Gasteiger partial charge in [-0.25, -0.2) is 14.2 Å². The van der Waals surface area contributed by atoms with Crippen LogP contribution in [-0.4, -0.2) is 121 Å². The standard InChI is InChI=1S/C75H88N7O18P/c1-50-47-82(73(88)80-68(50)84)65-46-61(99-75(52-24-18-15-19-25-52,55-30-38-59(93-4)39-31-55)56-32-40-60(94-5)41-33-56)62(97-65)49-96-101(89,90)100-67-63(48-95-74(51-22-16-14-17-23-51,53-26-34-57(91-2)35-27-53)54-28-36-58(92-3)37-29-54)98-71(81-45-42-64(83)78-72(81)87)66(67)79-70(86)69(85)77-44-21-13-11-9-7-6-8-10-12-20-43-76/h14-19,22-42,45,47,61-63,65-67,71H,6-13,20-21,43-44,46,48-49,76H2,1-5H3,(H,77,85)(H,79,86)(H,89,90)(H,78,83,87)(H,80,84,88)/t61-,62+,63+,65+,66+,67+,71+/m0/s1. The van der Waals surface area contributed by atoms with Crippen molar-refractivity contribution in [3.05, 3.63) is 257 Å². The van der Waals surface area contributed by atoms with Crippen molar-refractivity contribution in [2.75, 3.05) is 54.7 Å². The molecule has 8 atom stereocenters. The van der Waals surface area contributed by atoms with Gasteiger partial charge in [-0.05, 0) is 108 Å². The number of amides is 2. The fourth-order valence-corrected chi connectivity index (χ4v) is 14.0. The first-order chi connectivity index (χ1) is 48.9. The van der Waals surface area contributed by atoms with Crippen LogP contribution >= 0.6 is 7.82 Å². The number of carbonyl (C=O) groups is 2. The van der Waals surface area contributed by atoms with E-state index in [9.17, 15) is 33.7 Å². The second-order valence-electron chi connectivity index (χ2n) is 24.8. The number of nitrogens with two attached hydrogens (primary N) is 1. The average Bonchev–Trinajstić information content (AvgIpc) is 1.65. The summed E-state index contributed by atoms with van der Waals surface area (Å²) in [6, 6.07) is 46.5. The fraction of sp³-hybridized carbons (Fsp3) is 0.387. The van der Waals surface area contributed by atoms with Gasteiger partial charge >= 0.3 is 31.0 Å². The van der Waals surface area contributed by atoms with Crippen molar-refractivity contribution in [2.24, 2.45) is 5.73 Å². The molecule has 101 heavy (non-hydrogen) atoms. The number of unbranched alkanes of at least 4 members (excludes halogenated alkanes) is 9. The number of phosphoric acid groups is 1. The minimum atomic E-state index is -5.60. The van der Waals surface area contributed by atoms with Crippen molar-refractivity contribution in [1.82, 2.24) is 29.7 Å². The Balaban J connectivity index is 1.02. The van der Waals surface area contributed by atoms with Gasteiger partial charge in [0.05, 0.1) is 47.8 Å². The molecule has 10 rings (SSSR count). The van der Waals surface area contributed by atoms with Crippen LogP contribution in [0.15, 0.2) is 195 Å². The van der Waals surface area contributed by atoms with E-state index in [4.69, 9.17) is 52.7 Å². The Hall–Kier alpha value is -9.27. The van der Waals surface area contributed by atoms with Gasteiger partial charge < -0.3 is 59.2 Å². The van der Waals surface area contributed by atoms with Gasteiger partial charge in [-0.3, -0.25) is 47.3 Å². The van der Waals surface area contributed by atoms with Crippen LogP contribution in [0.3, 0.4) is 0 Å². The third-order valence-corrected chi connectivity index (χ3v) is 19.3. The lowest BCUT2D eigenvalue weighted by atomic mass is 9.79. The molecule has 25 nitrogen and oxygen atoms in total. The van der Waals surface area contributed by atoms with E-state index in [1.54, 1.807) is 62.8 Å². The molecule has 7 N–H and O–H groups in total. The molecule has 2 saturated heterocycles. The van der Waals surface area contributed by atoms with E-state index in [1.807, 2.05) is 109 Å². The van der Waals surface area contributed by atoms with Gasteiger partial charge in [-0.15, -0.1) is 0 Å². The van der Waals surface area contributed by atoms with Crippen molar-refractivity contribution in [3.63, 3.8) is 0 Å². The Morgan fingerprint density at radius 1 is 0.574 bits per heavy atom. The lowest BCUT2D eigenvalue weighted by molar-refractivity contribution is -0.140. The Morgan fingerprint density at radius 2 is 1.04 bits per heavy atom. The highest BCUT2D eigenvalue weighted by Gasteiger charge is 2.54. The number of nitrogens with zero attached hydrogens (tertiary/aromatic N) is 2. The molecule has 0 spiro atoms. The number of rotatable bonds is 35. The molecule has 536 valence electrons. The van der Waals surface area contributed by atoms with Gasteiger partial charge in [0.25, 0.3) is 11.1 Å². The molecule has 2 amide bonds. The summed E-state index contributed by atoms with van der Waals surface area (Å²) >= 11 is 0. The molecular formula is C75H88N7O18P. The number of hydrogen-bond acceptors (Lipinski definition) is 18. The third kappa shape index (κ3) is 17.9. The Bertz CT molecular complexity index is 4200. The van der Waals surface area contributed by atoms with E-state index in [2.05, 4.69) is 20.6 Å². The summed E-state index contributed by atoms with van der Waals surface area (Å²) in [6.07, 6.45) is 3.46. The molecule has 2 aromatic heterocycles. The zero-order valence-electron chi connectivity index (χ0n) is 57.2. The van der Waals surface area contributed by atoms with Crippen LogP contribution in [0.2, 0.25) is 0 Å². The highest BCUT2D eigenvalue weighted by atomic mass is 31.2. The number of H-pyrrole nitrogens is 2. The Labute approximate surface area is 584 Å². The molecule has 26 heteroatoms. The topological polar surface area (TPSA) is 324 Å². The smallest absolute Gasteiger partial charge is 0.472 e. The fourth-order valence-electron chi connectivity index (χ4n) is 13.0. The van der Waals surface area contributed by atoms with Crippen molar-refractivity contribution in [3.8, 4) is 23.0 Å². The van der Waals surface area contributed by atoms with Crippen LogP contribution in [-0.2, 0) is 53.4 Å². The van der Waals surface area contributed by atoms with E-state index in [0.29, 0.717) is 69.3 Å². The largest absolute Gasteiger partial charge is 0.497 e. The zero-order chi connectivity index (χ0) is 71.5. The molecule has 0 bridgehead atoms. The maximum Gasteiger partial charge on any atom is 0.472 e. The zero-order valence-corrected chi connectivity index (χ0v) is 58.1. The lowest BCUT2D eigenvalue weighted by Gasteiger charge is -2.39. The summed E-state index contributed by atoms with van der Waals surface area (Å²) in [7, 11) is 0.554. The van der Waals surface area contributed by atoms with Gasteiger partial charge in [0.1, 0.15) is 64.8 Å². The number of hydrogen-bond donors (Lipinski definition) is 6. The molecule has 1 unspecified atom stereocenters. The number of nitrogens with one attached hydrogen (secondary N) is 4. The first kappa shape index (κ1) is 74.4. The maximum atomic E-state index is 15.4. The van der Waals surface area contributed by atoms with Gasteiger partial charge in [0.15, 0.2) is 6.23 Å². The quantitative estimate of drug-likeness (QED) is 0.00934. The predicted molar refractivity (Wildman–Crippen MR) is 376 cm³/mol. The summed E-state index contributed by atoms with van der Waals surface area (Å²) in [6.45, 7) is 1.00. The molecule has 4 heterocycles. The van der Waals surface area contributed by atoms with Crippen LogP contribution < -0.4 is 57.8 Å². The summed E-state index contributed by atoms with van der Waals surface area (Å²) in [4.78, 5) is 98.9. The molecule has 2 aliphatic rings. The van der Waals surface area contributed by atoms with Gasteiger partial charge in [0, 0.05) is 37.0 Å². The van der Waals surface area contributed by atoms with E-state index in [1.165, 1.54) is 31.9 Å². The molecule has 2 fully saturated rings. The molecule has 2 aliphatic heterocycles. The number of benzene rings is 6. The molecular weight excluding hydrogens is 1320 g/mol. The molecule has 0 aliphatic carbocycles. The van der Waals surface area contributed by atoms with Crippen molar-refractivity contribution in [2.45, 2.75) is 132 Å². The van der Waals surface area contributed by atoms with Gasteiger partial charge in [0.2, 0.25) is 0 Å². The Kier molecular flexibility index (Phi) is 25.7. The van der Waals surface area contributed by atoms with Crippen molar-refractivity contribution in [1.29, 1.82) is 0 Å². The number of carbonyl (C=O) groups excluding carboxylic acids is 2. The third-order valence-electron chi connectivity index (χ3n) is 18.3. The lowest BCUT2D eigenvalue weighted by Crippen LogP contribution is -2.53.